The molecule has 1 aromatic heterocycles. The molecule has 15 heavy (non-hydrogen) atoms. The second-order valence-corrected chi connectivity index (χ2v) is 2.63. The summed E-state index contributed by atoms with van der Waals surface area (Å²) < 4.78 is 13.6. The molecular weight excluding hydrogens is 204 g/mol. The van der Waals surface area contributed by atoms with E-state index >= 15 is 0 Å². The van der Waals surface area contributed by atoms with Gasteiger partial charge in [-0.1, -0.05) is 5.16 Å². The molecule has 1 aromatic rings. The monoisotopic (exact) mass is 214 g/mol. The highest BCUT2D eigenvalue weighted by atomic mass is 16.6. The lowest BCUT2D eigenvalue weighted by Gasteiger charge is -1.98. The van der Waals surface area contributed by atoms with Crippen molar-refractivity contribution in [3.63, 3.8) is 0 Å². The summed E-state index contributed by atoms with van der Waals surface area (Å²) in [7, 11) is 1.22. The van der Waals surface area contributed by atoms with Gasteiger partial charge in [0.1, 0.15) is 24.1 Å². The van der Waals surface area contributed by atoms with Crippen molar-refractivity contribution in [1.82, 2.24) is 10.3 Å². The lowest BCUT2D eigenvalue weighted by atomic mass is 10.4. The molecule has 1 rings (SSSR count). The van der Waals surface area contributed by atoms with Crippen molar-refractivity contribution in [2.24, 2.45) is 0 Å². The van der Waals surface area contributed by atoms with Crippen molar-refractivity contribution >= 4 is 5.97 Å². The Labute approximate surface area is 85.3 Å². The smallest absolute Gasteiger partial charge is 0.313 e. The molecule has 0 saturated carbocycles. The molecule has 0 aromatic carbocycles. The molecule has 0 aliphatic heterocycles. The van der Waals surface area contributed by atoms with Crippen molar-refractivity contribution in [3.8, 4) is 5.88 Å². The van der Waals surface area contributed by atoms with Gasteiger partial charge in [0.25, 0.3) is 5.88 Å². The Balaban J connectivity index is 2.51. The van der Waals surface area contributed by atoms with E-state index < -0.39 is 5.97 Å². The average Bonchev–Trinajstić information content (AvgIpc) is 2.61. The number of aromatic nitrogens is 2. The van der Waals surface area contributed by atoms with Gasteiger partial charge < -0.3 is 14.6 Å². The van der Waals surface area contributed by atoms with E-state index in [9.17, 15) is 9.90 Å². The van der Waals surface area contributed by atoms with Crippen LogP contribution < -0.4 is 4.74 Å². The quantitative estimate of drug-likeness (QED) is 0.582. The van der Waals surface area contributed by atoms with Crippen molar-refractivity contribution in [3.05, 3.63) is 17.7 Å². The van der Waals surface area contributed by atoms with Gasteiger partial charge in [0, 0.05) is 0 Å². The maximum absolute atomic E-state index is 10.7. The molecule has 0 bridgehead atoms. The van der Waals surface area contributed by atoms with Crippen LogP contribution in [0.1, 0.15) is 12.1 Å². The number of methoxy groups -OCH3 is 1. The van der Waals surface area contributed by atoms with Crippen molar-refractivity contribution in [2.45, 2.75) is 13.3 Å². The Hall–Kier alpha value is -2.05. The maximum Gasteiger partial charge on any atom is 0.313 e. The molecule has 0 atom stereocenters. The second-order valence-electron chi connectivity index (χ2n) is 2.63. The summed E-state index contributed by atoms with van der Waals surface area (Å²) in [6, 6.07) is 0. The number of hydrogen-bond donors (Lipinski definition) is 1. The van der Waals surface area contributed by atoms with Crippen LogP contribution in [-0.2, 0) is 9.53 Å². The third-order valence-electron chi connectivity index (χ3n) is 1.47. The molecule has 0 fully saturated rings. The van der Waals surface area contributed by atoms with Crippen LogP contribution in [0.15, 0.2) is 16.7 Å². The van der Waals surface area contributed by atoms with Crippen molar-refractivity contribution in [1.29, 1.82) is 0 Å². The molecule has 0 spiro atoms. The average molecular weight is 214 g/mol. The highest BCUT2D eigenvalue weighted by molar-refractivity contribution is 5.71. The van der Waals surface area contributed by atoms with E-state index in [0.717, 1.165) is 6.26 Å². The first kappa shape index (κ1) is 11.0. The van der Waals surface area contributed by atoms with E-state index in [1.807, 2.05) is 0 Å². The Morgan fingerprint density at radius 1 is 1.60 bits per heavy atom. The number of ether oxygens (including phenoxy) is 2. The molecule has 0 amide bonds. The summed E-state index contributed by atoms with van der Waals surface area (Å²) in [5, 5.41) is 16.1. The van der Waals surface area contributed by atoms with Crippen LogP contribution in [0.3, 0.4) is 0 Å². The molecule has 0 aliphatic rings. The predicted molar refractivity (Wildman–Crippen MR) is 47.0 cm³/mol. The number of aliphatic hydroxyl groups is 1. The first-order valence-electron chi connectivity index (χ1n) is 4.04. The lowest BCUT2D eigenvalue weighted by Crippen LogP contribution is -2.02. The molecule has 7 nitrogen and oxygen atoms in total. The highest BCUT2D eigenvalue weighted by Gasteiger charge is 2.07. The number of nitrogens with zero attached hydrogens (tertiary/aromatic N) is 2. The summed E-state index contributed by atoms with van der Waals surface area (Å²) in [5.74, 6) is -0.710. The van der Waals surface area contributed by atoms with Gasteiger partial charge in [-0.25, -0.2) is 4.63 Å². The summed E-state index contributed by atoms with van der Waals surface area (Å²) in [6.07, 6.45) is 0.713. The fourth-order valence-corrected chi connectivity index (χ4v) is 0.716. The summed E-state index contributed by atoms with van der Waals surface area (Å²) >= 11 is 0. The first-order valence-corrected chi connectivity index (χ1v) is 4.04. The lowest BCUT2D eigenvalue weighted by molar-refractivity contribution is -0.140. The topological polar surface area (TPSA) is 94.7 Å². The molecule has 0 saturated heterocycles. The number of esters is 1. The predicted octanol–water partition coefficient (Wildman–Crippen LogP) is 0.719. The molecule has 1 heterocycles. The number of aliphatic hydroxyl groups excluding tert-OH is 1. The SMILES string of the molecule is COC(=O)CC(O)=COc1nonc1C. The van der Waals surface area contributed by atoms with E-state index in [1.54, 1.807) is 6.92 Å². The molecule has 82 valence electrons. The van der Waals surface area contributed by atoms with Crippen LogP contribution in [0, 0.1) is 6.92 Å². The number of hydrogen-bond acceptors (Lipinski definition) is 7. The van der Waals surface area contributed by atoms with Gasteiger partial charge in [0.05, 0.1) is 7.11 Å². The van der Waals surface area contributed by atoms with Gasteiger partial charge in [0.2, 0.25) is 0 Å². The normalized spacial score (nSPS) is 11.2. The third kappa shape index (κ3) is 3.29. The van der Waals surface area contributed by atoms with Crippen LogP contribution in [0.2, 0.25) is 0 Å². The standard InChI is InChI=1S/C8H10N2O5/c1-5-8(10-15-9-5)14-4-6(11)3-7(12)13-2/h4,11H,3H2,1-2H3. The Kier molecular flexibility index (Phi) is 3.67. The van der Waals surface area contributed by atoms with Crippen LogP contribution in [0.5, 0.6) is 5.88 Å². The Bertz CT molecular complexity index is 371. The Morgan fingerprint density at radius 2 is 2.33 bits per heavy atom. The number of carbonyl (C=O) groups excluding carboxylic acids is 1. The summed E-state index contributed by atoms with van der Waals surface area (Å²) in [5.41, 5.74) is 0.442. The molecular formula is C8H10N2O5. The van der Waals surface area contributed by atoms with E-state index in [2.05, 4.69) is 19.7 Å². The minimum atomic E-state index is -0.567. The zero-order valence-corrected chi connectivity index (χ0v) is 8.26. The number of carbonyl (C=O) groups is 1. The van der Waals surface area contributed by atoms with Gasteiger partial charge in [-0.2, -0.15) is 0 Å². The largest absolute Gasteiger partial charge is 0.508 e. The van der Waals surface area contributed by atoms with Crippen molar-refractivity contribution < 1.29 is 24.0 Å². The van der Waals surface area contributed by atoms with E-state index in [-0.39, 0.29) is 18.1 Å². The second kappa shape index (κ2) is 4.99. The van der Waals surface area contributed by atoms with Gasteiger partial charge in [-0.15, -0.1) is 0 Å². The summed E-state index contributed by atoms with van der Waals surface area (Å²) in [6.45, 7) is 1.62. The van der Waals surface area contributed by atoms with E-state index in [0.29, 0.717) is 5.69 Å². The van der Waals surface area contributed by atoms with E-state index in [1.165, 1.54) is 7.11 Å². The van der Waals surface area contributed by atoms with Gasteiger partial charge in [0.15, 0.2) is 0 Å². The molecule has 0 unspecified atom stereocenters. The zero-order chi connectivity index (χ0) is 11.3. The summed E-state index contributed by atoms with van der Waals surface area (Å²) in [4.78, 5) is 10.7. The fraction of sp³-hybridized carbons (Fsp3) is 0.375. The van der Waals surface area contributed by atoms with Crippen LogP contribution in [0.4, 0.5) is 0 Å². The minimum absolute atomic E-state index is 0.131. The van der Waals surface area contributed by atoms with Gasteiger partial charge in [-0.05, 0) is 12.1 Å². The van der Waals surface area contributed by atoms with Crippen LogP contribution in [-0.4, -0.2) is 28.5 Å². The van der Waals surface area contributed by atoms with Crippen LogP contribution in [0.25, 0.3) is 0 Å². The van der Waals surface area contributed by atoms with Gasteiger partial charge >= 0.3 is 5.97 Å². The molecule has 0 aliphatic carbocycles. The maximum atomic E-state index is 10.7. The van der Waals surface area contributed by atoms with Gasteiger partial charge in [-0.3, -0.25) is 4.79 Å². The van der Waals surface area contributed by atoms with Crippen LogP contribution >= 0.6 is 0 Å². The molecule has 1 N–H and O–H groups in total. The Morgan fingerprint density at radius 3 is 2.87 bits per heavy atom. The number of rotatable bonds is 4. The molecule has 0 radical (unpaired) electrons. The minimum Gasteiger partial charge on any atom is -0.508 e. The third-order valence-corrected chi connectivity index (χ3v) is 1.47. The fourth-order valence-electron chi connectivity index (χ4n) is 0.716. The first-order chi connectivity index (χ1) is 7.13. The van der Waals surface area contributed by atoms with Crippen molar-refractivity contribution in [2.75, 3.05) is 7.11 Å². The number of aryl methyl sites for hydroxylation is 1. The zero-order valence-electron chi connectivity index (χ0n) is 8.26. The van der Waals surface area contributed by atoms with E-state index in [4.69, 9.17) is 4.74 Å². The molecule has 7 heteroatoms. The highest BCUT2D eigenvalue weighted by Crippen LogP contribution is 2.11.